The van der Waals surface area contributed by atoms with Gasteiger partial charge >= 0.3 is 0 Å². The molecule has 1 aromatic heterocycles. The number of piperidine rings is 1. The van der Waals surface area contributed by atoms with E-state index in [1.54, 1.807) is 0 Å². The predicted octanol–water partition coefficient (Wildman–Crippen LogP) is 1.61. The Morgan fingerprint density at radius 2 is 2.17 bits per heavy atom. The van der Waals surface area contributed by atoms with Crippen molar-refractivity contribution in [1.82, 2.24) is 14.7 Å². The fourth-order valence-corrected chi connectivity index (χ4v) is 2.38. The first-order valence-corrected chi connectivity index (χ1v) is 6.66. The lowest BCUT2D eigenvalue weighted by Gasteiger charge is -2.30. The first-order valence-electron chi connectivity index (χ1n) is 6.66. The van der Waals surface area contributed by atoms with E-state index in [1.807, 2.05) is 10.9 Å². The number of nitrogens with zero attached hydrogens (tertiary/aromatic N) is 3. The molecule has 1 fully saturated rings. The molecule has 100 valence electrons. The number of nitrogens with one attached hydrogen (secondary N) is 1. The van der Waals surface area contributed by atoms with Crippen LogP contribution in [0.3, 0.4) is 0 Å². The summed E-state index contributed by atoms with van der Waals surface area (Å²) in [6.07, 6.45) is 4.04. The first kappa shape index (κ1) is 13.1. The zero-order valence-electron chi connectivity index (χ0n) is 11.3. The van der Waals surface area contributed by atoms with Crippen LogP contribution in [0.2, 0.25) is 0 Å². The predicted molar refractivity (Wildman–Crippen MR) is 72.5 cm³/mol. The van der Waals surface area contributed by atoms with E-state index in [4.69, 9.17) is 11.1 Å². The average Bonchev–Trinajstić information content (AvgIpc) is 2.78. The van der Waals surface area contributed by atoms with Gasteiger partial charge in [0.1, 0.15) is 0 Å². The van der Waals surface area contributed by atoms with Crippen LogP contribution in [0.4, 0.5) is 0 Å². The first-order chi connectivity index (χ1) is 8.56. The molecule has 0 radical (unpaired) electrons. The Morgan fingerprint density at radius 3 is 2.67 bits per heavy atom. The Morgan fingerprint density at radius 1 is 1.50 bits per heavy atom. The van der Waals surface area contributed by atoms with Crippen LogP contribution in [-0.2, 0) is 6.54 Å². The summed E-state index contributed by atoms with van der Waals surface area (Å²) in [5, 5.41) is 12.0. The summed E-state index contributed by atoms with van der Waals surface area (Å²) < 4.78 is 2.00. The summed E-state index contributed by atoms with van der Waals surface area (Å²) in [7, 11) is 0. The quantitative estimate of drug-likeness (QED) is 0.629. The van der Waals surface area contributed by atoms with Crippen molar-refractivity contribution in [3.8, 4) is 0 Å². The van der Waals surface area contributed by atoms with E-state index in [9.17, 15) is 0 Å². The minimum atomic E-state index is 0.287. The minimum Gasteiger partial charge on any atom is -0.387 e. The van der Waals surface area contributed by atoms with Crippen LogP contribution in [0.15, 0.2) is 12.3 Å². The van der Waals surface area contributed by atoms with Gasteiger partial charge in [-0.05, 0) is 45.8 Å². The Labute approximate surface area is 108 Å². The lowest BCUT2D eigenvalue weighted by molar-refractivity contribution is 0.198. The Balaban J connectivity index is 1.85. The molecule has 5 nitrogen and oxygen atoms in total. The zero-order chi connectivity index (χ0) is 13.1. The van der Waals surface area contributed by atoms with Crippen molar-refractivity contribution in [2.75, 3.05) is 13.1 Å². The van der Waals surface area contributed by atoms with Crippen molar-refractivity contribution >= 4 is 5.84 Å². The molecule has 0 unspecified atom stereocenters. The Kier molecular flexibility index (Phi) is 4.01. The fourth-order valence-electron chi connectivity index (χ4n) is 2.38. The van der Waals surface area contributed by atoms with Gasteiger partial charge in [-0.25, -0.2) is 0 Å². The van der Waals surface area contributed by atoms with Gasteiger partial charge in [0.15, 0.2) is 0 Å². The van der Waals surface area contributed by atoms with Crippen molar-refractivity contribution in [2.45, 2.75) is 39.3 Å². The summed E-state index contributed by atoms with van der Waals surface area (Å²) in [6.45, 7) is 7.20. The maximum absolute atomic E-state index is 7.47. The number of nitrogens with two attached hydrogens (primary N) is 1. The lowest BCUT2D eigenvalue weighted by atomic mass is 9.96. The maximum atomic E-state index is 7.47. The van der Waals surface area contributed by atoms with Crippen molar-refractivity contribution in [3.05, 3.63) is 18.0 Å². The van der Waals surface area contributed by atoms with E-state index >= 15 is 0 Å². The molecule has 0 saturated carbocycles. The Hall–Kier alpha value is -1.36. The fraction of sp³-hybridized carbons (Fsp3) is 0.692. The monoisotopic (exact) mass is 249 g/mol. The van der Waals surface area contributed by atoms with Crippen LogP contribution in [0.25, 0.3) is 0 Å². The molecule has 18 heavy (non-hydrogen) atoms. The van der Waals surface area contributed by atoms with Gasteiger partial charge < -0.3 is 5.73 Å². The molecule has 0 atom stereocenters. The number of hydrogen-bond donors (Lipinski definition) is 2. The zero-order valence-corrected chi connectivity index (χ0v) is 11.3. The second kappa shape index (κ2) is 5.52. The van der Waals surface area contributed by atoms with Crippen LogP contribution >= 0.6 is 0 Å². The highest BCUT2D eigenvalue weighted by atomic mass is 15.3. The van der Waals surface area contributed by atoms with E-state index in [0.717, 1.165) is 38.2 Å². The molecule has 1 aliphatic rings. The smallest absolute Gasteiger partial charge is 0.0937 e. The number of hydrogen-bond acceptors (Lipinski definition) is 3. The van der Waals surface area contributed by atoms with Gasteiger partial charge in [0.2, 0.25) is 0 Å². The van der Waals surface area contributed by atoms with Crippen molar-refractivity contribution in [2.24, 2.45) is 11.7 Å². The summed E-state index contributed by atoms with van der Waals surface area (Å²) >= 11 is 0. The number of amidine groups is 1. The van der Waals surface area contributed by atoms with E-state index < -0.39 is 0 Å². The van der Waals surface area contributed by atoms with Crippen molar-refractivity contribution in [1.29, 1.82) is 5.41 Å². The molecule has 3 N–H and O–H groups in total. The van der Waals surface area contributed by atoms with E-state index in [1.165, 1.54) is 0 Å². The number of aromatic nitrogens is 2. The molecule has 0 spiro atoms. The topological polar surface area (TPSA) is 70.9 Å². The van der Waals surface area contributed by atoms with Gasteiger partial charge in [0, 0.05) is 24.7 Å². The van der Waals surface area contributed by atoms with Gasteiger partial charge in [-0.2, -0.15) is 5.10 Å². The molecule has 2 heterocycles. The molecule has 0 aromatic carbocycles. The second-order valence-corrected chi connectivity index (χ2v) is 5.39. The number of likely N-dealkylation sites (tertiary alicyclic amines) is 1. The van der Waals surface area contributed by atoms with Gasteiger partial charge in [-0.15, -0.1) is 0 Å². The van der Waals surface area contributed by atoms with Crippen LogP contribution < -0.4 is 5.73 Å². The maximum Gasteiger partial charge on any atom is 0.0937 e. The third-order valence-electron chi connectivity index (χ3n) is 3.61. The lowest BCUT2D eigenvalue weighted by Crippen LogP contribution is -2.37. The van der Waals surface area contributed by atoms with Crippen LogP contribution in [-0.4, -0.2) is 33.6 Å². The van der Waals surface area contributed by atoms with Gasteiger partial charge in [0.05, 0.1) is 11.5 Å². The number of rotatable bonds is 4. The highest BCUT2D eigenvalue weighted by molar-refractivity contribution is 5.79. The largest absolute Gasteiger partial charge is 0.387 e. The standard InChI is InChI=1S/C13H23N5/c1-10(2)18-8-5-12(16-18)9-17-6-3-11(4-7-17)13(14)15/h5,8,10-11H,3-4,6-7,9H2,1-2H3,(H3,14,15). The van der Waals surface area contributed by atoms with Crippen LogP contribution in [0.1, 0.15) is 38.4 Å². The minimum absolute atomic E-state index is 0.287. The summed E-state index contributed by atoms with van der Waals surface area (Å²) in [5.74, 6) is 0.633. The average molecular weight is 249 g/mol. The molecule has 0 amide bonds. The highest BCUT2D eigenvalue weighted by Gasteiger charge is 2.21. The van der Waals surface area contributed by atoms with Crippen LogP contribution in [0, 0.1) is 11.3 Å². The second-order valence-electron chi connectivity index (χ2n) is 5.39. The van der Waals surface area contributed by atoms with Gasteiger partial charge in [-0.3, -0.25) is 15.0 Å². The third kappa shape index (κ3) is 3.10. The molecule has 5 heteroatoms. The van der Waals surface area contributed by atoms with Gasteiger partial charge in [0.25, 0.3) is 0 Å². The van der Waals surface area contributed by atoms with E-state index in [2.05, 4.69) is 29.9 Å². The molecule has 1 aliphatic heterocycles. The molecule has 1 saturated heterocycles. The molecule has 0 aliphatic carbocycles. The summed E-state index contributed by atoms with van der Waals surface area (Å²) in [4.78, 5) is 2.40. The molecular weight excluding hydrogens is 226 g/mol. The van der Waals surface area contributed by atoms with Gasteiger partial charge in [-0.1, -0.05) is 0 Å². The molecule has 2 rings (SSSR count). The van der Waals surface area contributed by atoms with Crippen LogP contribution in [0.5, 0.6) is 0 Å². The Bertz CT molecular complexity index is 401. The van der Waals surface area contributed by atoms with Crippen molar-refractivity contribution in [3.63, 3.8) is 0 Å². The third-order valence-corrected chi connectivity index (χ3v) is 3.61. The SMILES string of the molecule is CC(C)n1ccc(CN2CCC(C(=N)N)CC2)n1. The van der Waals surface area contributed by atoms with E-state index in [-0.39, 0.29) is 5.92 Å². The van der Waals surface area contributed by atoms with Crippen molar-refractivity contribution < 1.29 is 0 Å². The normalized spacial score (nSPS) is 18.4. The molecule has 0 bridgehead atoms. The summed E-state index contributed by atoms with van der Waals surface area (Å²) in [6, 6.07) is 2.51. The van der Waals surface area contributed by atoms with E-state index in [0.29, 0.717) is 11.9 Å². The molecule has 1 aromatic rings. The highest BCUT2D eigenvalue weighted by Crippen LogP contribution is 2.18. The summed E-state index contributed by atoms with van der Waals surface area (Å²) in [5.41, 5.74) is 6.68. The molecular formula is C13H23N5.